The summed E-state index contributed by atoms with van der Waals surface area (Å²) in [7, 11) is 1.48. The number of halogens is 4. The summed E-state index contributed by atoms with van der Waals surface area (Å²) in [6.45, 7) is -0.761. The van der Waals surface area contributed by atoms with Crippen molar-refractivity contribution in [1.29, 1.82) is 0 Å². The van der Waals surface area contributed by atoms with Crippen molar-refractivity contribution in [3.8, 4) is 11.3 Å². The zero-order valence-corrected chi connectivity index (χ0v) is 17.2. The number of hydrogen-bond donors (Lipinski definition) is 2. The maximum Gasteiger partial charge on any atom is 0.417 e. The van der Waals surface area contributed by atoms with Crippen molar-refractivity contribution >= 4 is 28.3 Å². The molecule has 10 heteroatoms. The molecular weight excluding hydrogens is 438 g/mol. The fraction of sp³-hybridized carbons (Fsp3) is 0.130. The first-order valence-electron chi connectivity index (χ1n) is 9.77. The Hall–Kier alpha value is -4.08. The molecule has 0 fully saturated rings. The molecule has 0 bridgehead atoms. The SMILES string of the molecule is CNC(=O)c1ccc(CF)c(-c2ccc3c(Nc4ccc(C(F)(F)F)cn4)ccnc3c2)n1. The van der Waals surface area contributed by atoms with Crippen LogP contribution in [0.1, 0.15) is 21.6 Å². The molecule has 2 N–H and O–H groups in total. The summed E-state index contributed by atoms with van der Waals surface area (Å²) < 4.78 is 51.8. The number of alkyl halides is 4. The molecule has 168 valence electrons. The maximum absolute atomic E-state index is 13.6. The number of benzene rings is 1. The standard InChI is InChI=1S/C23H17F4N5O/c1-28-22(33)18-6-3-14(11-24)21(32-18)13-2-5-16-17(8-9-29-19(16)10-13)31-20-7-4-15(12-30-20)23(25,26)27/h2-10,12H,11H2,1H3,(H,28,33)(H,29,30,31). The number of rotatable bonds is 5. The van der Waals surface area contributed by atoms with Gasteiger partial charge < -0.3 is 10.6 Å². The van der Waals surface area contributed by atoms with E-state index in [1.54, 1.807) is 24.3 Å². The minimum atomic E-state index is -4.47. The number of fused-ring (bicyclic) bond motifs is 1. The van der Waals surface area contributed by atoms with Gasteiger partial charge in [0.15, 0.2) is 0 Å². The summed E-state index contributed by atoms with van der Waals surface area (Å²) in [5.41, 5.74) is 1.65. The van der Waals surface area contributed by atoms with E-state index >= 15 is 0 Å². The highest BCUT2D eigenvalue weighted by molar-refractivity contribution is 5.96. The van der Waals surface area contributed by atoms with Crippen LogP contribution < -0.4 is 10.6 Å². The third-order valence-corrected chi connectivity index (χ3v) is 4.95. The molecule has 0 unspecified atom stereocenters. The first-order chi connectivity index (χ1) is 15.8. The van der Waals surface area contributed by atoms with Gasteiger partial charge in [-0.05, 0) is 30.3 Å². The van der Waals surface area contributed by atoms with Gasteiger partial charge in [-0.1, -0.05) is 18.2 Å². The van der Waals surface area contributed by atoms with Crippen molar-refractivity contribution in [3.05, 3.63) is 77.7 Å². The van der Waals surface area contributed by atoms with E-state index in [1.807, 2.05) is 0 Å². The average Bonchev–Trinajstić information content (AvgIpc) is 2.82. The molecule has 6 nitrogen and oxygen atoms in total. The van der Waals surface area contributed by atoms with Crippen LogP contribution in [0, 0.1) is 0 Å². The lowest BCUT2D eigenvalue weighted by Crippen LogP contribution is -2.19. The number of hydrogen-bond acceptors (Lipinski definition) is 5. The number of carbonyl (C=O) groups excluding carboxylic acids is 1. The van der Waals surface area contributed by atoms with Crippen LogP contribution in [0.4, 0.5) is 29.1 Å². The Morgan fingerprint density at radius 2 is 1.85 bits per heavy atom. The van der Waals surface area contributed by atoms with Crippen molar-refractivity contribution in [2.45, 2.75) is 12.9 Å². The van der Waals surface area contributed by atoms with E-state index in [-0.39, 0.29) is 11.5 Å². The largest absolute Gasteiger partial charge is 0.417 e. The van der Waals surface area contributed by atoms with Crippen LogP contribution in [0.5, 0.6) is 0 Å². The van der Waals surface area contributed by atoms with E-state index < -0.39 is 24.3 Å². The molecule has 33 heavy (non-hydrogen) atoms. The second-order valence-corrected chi connectivity index (χ2v) is 7.06. The molecule has 0 saturated heterocycles. The molecule has 1 aromatic carbocycles. The summed E-state index contributed by atoms with van der Waals surface area (Å²) in [5.74, 6) is -0.157. The first-order valence-corrected chi connectivity index (χ1v) is 9.77. The van der Waals surface area contributed by atoms with Gasteiger partial charge in [0.1, 0.15) is 18.2 Å². The molecule has 0 spiro atoms. The summed E-state index contributed by atoms with van der Waals surface area (Å²) >= 11 is 0. The summed E-state index contributed by atoms with van der Waals surface area (Å²) in [4.78, 5) is 24.4. The van der Waals surface area contributed by atoms with Gasteiger partial charge in [-0.15, -0.1) is 0 Å². The average molecular weight is 455 g/mol. The highest BCUT2D eigenvalue weighted by Crippen LogP contribution is 2.32. The second-order valence-electron chi connectivity index (χ2n) is 7.06. The van der Waals surface area contributed by atoms with E-state index in [0.29, 0.717) is 33.4 Å². The number of carbonyl (C=O) groups is 1. The molecule has 1 amide bonds. The normalized spacial score (nSPS) is 11.4. The van der Waals surface area contributed by atoms with Crippen molar-refractivity contribution < 1.29 is 22.4 Å². The van der Waals surface area contributed by atoms with Crippen LogP contribution >= 0.6 is 0 Å². The van der Waals surface area contributed by atoms with E-state index in [1.165, 1.54) is 31.4 Å². The molecule has 0 atom stereocenters. The molecule has 0 aliphatic rings. The maximum atomic E-state index is 13.6. The lowest BCUT2D eigenvalue weighted by Gasteiger charge is -2.12. The van der Waals surface area contributed by atoms with Crippen molar-refractivity contribution in [2.24, 2.45) is 0 Å². The minimum absolute atomic E-state index is 0.154. The number of pyridine rings is 3. The highest BCUT2D eigenvalue weighted by Gasteiger charge is 2.30. The quantitative estimate of drug-likeness (QED) is 0.400. The topological polar surface area (TPSA) is 79.8 Å². The third-order valence-electron chi connectivity index (χ3n) is 4.95. The summed E-state index contributed by atoms with van der Waals surface area (Å²) in [6, 6.07) is 12.0. The number of nitrogens with zero attached hydrogens (tertiary/aromatic N) is 3. The summed E-state index contributed by atoms with van der Waals surface area (Å²) in [5, 5.41) is 6.15. The Balaban J connectivity index is 1.70. The fourth-order valence-corrected chi connectivity index (χ4v) is 3.28. The van der Waals surface area contributed by atoms with Gasteiger partial charge in [-0.3, -0.25) is 9.78 Å². The molecule has 4 aromatic rings. The molecule has 0 aliphatic carbocycles. The van der Waals surface area contributed by atoms with Gasteiger partial charge in [0, 0.05) is 36.0 Å². The minimum Gasteiger partial charge on any atom is -0.354 e. The van der Waals surface area contributed by atoms with Crippen LogP contribution in [0.15, 0.2) is 60.9 Å². The highest BCUT2D eigenvalue weighted by atomic mass is 19.4. The van der Waals surface area contributed by atoms with Crippen molar-refractivity contribution in [3.63, 3.8) is 0 Å². The molecule has 0 aliphatic heterocycles. The number of anilines is 2. The molecule has 0 radical (unpaired) electrons. The zero-order valence-electron chi connectivity index (χ0n) is 17.2. The number of aromatic nitrogens is 3. The van der Waals surface area contributed by atoms with Crippen molar-refractivity contribution in [2.75, 3.05) is 12.4 Å². The monoisotopic (exact) mass is 455 g/mol. The molecule has 3 aromatic heterocycles. The Morgan fingerprint density at radius 1 is 1.03 bits per heavy atom. The van der Waals surface area contributed by atoms with Crippen LogP contribution in [0.25, 0.3) is 22.2 Å². The number of nitrogens with one attached hydrogen (secondary N) is 2. The Kier molecular flexibility index (Phi) is 5.91. The third kappa shape index (κ3) is 4.59. The number of amides is 1. The van der Waals surface area contributed by atoms with Gasteiger partial charge in [0.25, 0.3) is 5.91 Å². The van der Waals surface area contributed by atoms with Gasteiger partial charge in [-0.2, -0.15) is 13.2 Å². The van der Waals surface area contributed by atoms with Crippen LogP contribution in [-0.2, 0) is 12.9 Å². The van der Waals surface area contributed by atoms with Crippen LogP contribution in [-0.4, -0.2) is 27.9 Å². The molecule has 0 saturated carbocycles. The second kappa shape index (κ2) is 8.81. The molecular formula is C23H17F4N5O. The predicted octanol–water partition coefficient (Wildman–Crippen LogP) is 5.28. The van der Waals surface area contributed by atoms with E-state index in [9.17, 15) is 22.4 Å². The smallest absolute Gasteiger partial charge is 0.354 e. The molecule has 4 rings (SSSR count). The first kappa shape index (κ1) is 22.1. The Morgan fingerprint density at radius 3 is 2.52 bits per heavy atom. The van der Waals surface area contributed by atoms with Crippen LogP contribution in [0.2, 0.25) is 0 Å². The van der Waals surface area contributed by atoms with Crippen molar-refractivity contribution in [1.82, 2.24) is 20.3 Å². The Labute approximate surface area is 185 Å². The van der Waals surface area contributed by atoms with Gasteiger partial charge in [0.2, 0.25) is 0 Å². The van der Waals surface area contributed by atoms with Gasteiger partial charge in [-0.25, -0.2) is 14.4 Å². The van der Waals surface area contributed by atoms with E-state index in [2.05, 4.69) is 25.6 Å². The van der Waals surface area contributed by atoms with E-state index in [0.717, 1.165) is 12.3 Å². The zero-order chi connectivity index (χ0) is 23.6. The fourth-order valence-electron chi connectivity index (χ4n) is 3.28. The lowest BCUT2D eigenvalue weighted by atomic mass is 10.0. The van der Waals surface area contributed by atoms with Gasteiger partial charge in [0.05, 0.1) is 22.5 Å². The summed E-state index contributed by atoms with van der Waals surface area (Å²) in [6.07, 6.45) is -2.18. The lowest BCUT2D eigenvalue weighted by molar-refractivity contribution is -0.137. The van der Waals surface area contributed by atoms with Gasteiger partial charge >= 0.3 is 6.18 Å². The predicted molar refractivity (Wildman–Crippen MR) is 116 cm³/mol. The van der Waals surface area contributed by atoms with E-state index in [4.69, 9.17) is 0 Å². The Bertz CT molecular complexity index is 1320. The molecule has 3 heterocycles. The van der Waals surface area contributed by atoms with Crippen LogP contribution in [0.3, 0.4) is 0 Å².